The van der Waals surface area contributed by atoms with Crippen molar-refractivity contribution >= 4 is 22.4 Å². The lowest BCUT2D eigenvalue weighted by Gasteiger charge is -2.34. The number of aromatic nitrogens is 1. The molecule has 0 bridgehead atoms. The molecule has 0 aliphatic carbocycles. The number of amides is 1. The highest BCUT2D eigenvalue weighted by atomic mass is 32.1. The quantitative estimate of drug-likeness (QED) is 0.851. The number of hydrogen-bond donors (Lipinski definition) is 0. The minimum Gasteiger partial charge on any atom is -0.345 e. The van der Waals surface area contributed by atoms with Crippen molar-refractivity contribution in [1.82, 2.24) is 9.88 Å². The Morgan fingerprint density at radius 2 is 1.95 bits per heavy atom. The van der Waals surface area contributed by atoms with E-state index in [0.717, 1.165) is 49.8 Å². The Morgan fingerprint density at radius 3 is 2.47 bits per heavy atom. The van der Waals surface area contributed by atoms with E-state index < -0.39 is 0 Å². The molecule has 1 aromatic rings. The number of piperazine rings is 1. The zero-order chi connectivity index (χ0) is 13.8. The van der Waals surface area contributed by atoms with Crippen LogP contribution in [0.25, 0.3) is 0 Å². The van der Waals surface area contributed by atoms with Crippen molar-refractivity contribution in [2.24, 2.45) is 0 Å². The Bertz CT molecular complexity index is 416. The third-order valence-electron chi connectivity index (χ3n) is 3.66. The van der Waals surface area contributed by atoms with E-state index in [2.05, 4.69) is 30.7 Å². The van der Waals surface area contributed by atoms with Gasteiger partial charge in [-0.2, -0.15) is 0 Å². The van der Waals surface area contributed by atoms with Gasteiger partial charge in [-0.05, 0) is 20.3 Å². The lowest BCUT2D eigenvalue weighted by molar-refractivity contribution is -0.131. The highest BCUT2D eigenvalue weighted by Gasteiger charge is 2.22. The van der Waals surface area contributed by atoms with E-state index in [0.29, 0.717) is 12.3 Å². The second-order valence-electron chi connectivity index (χ2n) is 5.11. The van der Waals surface area contributed by atoms with Crippen molar-refractivity contribution in [2.45, 2.75) is 40.0 Å². The van der Waals surface area contributed by atoms with Crippen LogP contribution in [0.5, 0.6) is 0 Å². The van der Waals surface area contributed by atoms with E-state index in [-0.39, 0.29) is 0 Å². The summed E-state index contributed by atoms with van der Waals surface area (Å²) in [5.74, 6) is 0.313. The van der Waals surface area contributed by atoms with Gasteiger partial charge in [0.25, 0.3) is 0 Å². The smallest absolute Gasteiger partial charge is 0.222 e. The topological polar surface area (TPSA) is 36.4 Å². The fraction of sp³-hybridized carbons (Fsp3) is 0.714. The third-order valence-corrected chi connectivity index (χ3v) is 4.80. The van der Waals surface area contributed by atoms with Crippen molar-refractivity contribution in [2.75, 3.05) is 31.1 Å². The number of hydrogen-bond acceptors (Lipinski definition) is 4. The molecule has 1 amide bonds. The van der Waals surface area contributed by atoms with Gasteiger partial charge in [0, 0.05) is 37.5 Å². The predicted molar refractivity (Wildman–Crippen MR) is 79.9 cm³/mol. The molecule has 1 aliphatic heterocycles. The standard InChI is InChI=1S/C14H23N3OS/c1-4-5-6-13(18)16-7-9-17(10-8-16)14-15-11(2)12(3)19-14/h4-10H2,1-3H3. The second-order valence-corrected chi connectivity index (χ2v) is 6.29. The summed E-state index contributed by atoms with van der Waals surface area (Å²) in [4.78, 5) is 22.1. The Kier molecular flexibility index (Phi) is 4.80. The summed E-state index contributed by atoms with van der Waals surface area (Å²) in [6.45, 7) is 9.77. The molecule has 0 radical (unpaired) electrons. The molecule has 0 aromatic carbocycles. The molecule has 1 saturated heterocycles. The number of nitrogens with zero attached hydrogens (tertiary/aromatic N) is 3. The van der Waals surface area contributed by atoms with Crippen molar-refractivity contribution in [3.05, 3.63) is 10.6 Å². The van der Waals surface area contributed by atoms with Crippen molar-refractivity contribution in [3.63, 3.8) is 0 Å². The van der Waals surface area contributed by atoms with Crippen LogP contribution in [0, 0.1) is 13.8 Å². The van der Waals surface area contributed by atoms with Crippen LogP contribution in [0.2, 0.25) is 0 Å². The average molecular weight is 281 g/mol. The van der Waals surface area contributed by atoms with Crippen molar-refractivity contribution < 1.29 is 4.79 Å². The molecule has 0 saturated carbocycles. The Balaban J connectivity index is 1.87. The summed E-state index contributed by atoms with van der Waals surface area (Å²) >= 11 is 1.76. The van der Waals surface area contributed by atoms with Crippen LogP contribution in [0.4, 0.5) is 5.13 Å². The first-order valence-corrected chi connectivity index (χ1v) is 7.90. The van der Waals surface area contributed by atoms with Crippen molar-refractivity contribution in [1.29, 1.82) is 0 Å². The van der Waals surface area contributed by atoms with Gasteiger partial charge in [0.1, 0.15) is 0 Å². The monoisotopic (exact) mass is 281 g/mol. The molecule has 19 heavy (non-hydrogen) atoms. The average Bonchev–Trinajstić information content (AvgIpc) is 2.76. The first-order valence-electron chi connectivity index (χ1n) is 7.08. The summed E-state index contributed by atoms with van der Waals surface area (Å²) < 4.78 is 0. The molecule has 0 N–H and O–H groups in total. The van der Waals surface area contributed by atoms with E-state index >= 15 is 0 Å². The van der Waals surface area contributed by atoms with Crippen LogP contribution < -0.4 is 4.90 Å². The highest BCUT2D eigenvalue weighted by Crippen LogP contribution is 2.26. The maximum absolute atomic E-state index is 12.0. The van der Waals surface area contributed by atoms with Gasteiger partial charge in [-0.1, -0.05) is 13.3 Å². The number of rotatable bonds is 4. The first kappa shape index (κ1) is 14.3. The van der Waals surface area contributed by atoms with Gasteiger partial charge < -0.3 is 9.80 Å². The molecule has 0 atom stereocenters. The third kappa shape index (κ3) is 3.47. The molecule has 0 spiro atoms. The molecule has 1 aromatic heterocycles. The number of carbonyl (C=O) groups excluding carboxylic acids is 1. The normalized spacial score (nSPS) is 15.9. The molecule has 1 aliphatic rings. The lowest BCUT2D eigenvalue weighted by atomic mass is 10.2. The van der Waals surface area contributed by atoms with E-state index in [1.54, 1.807) is 11.3 Å². The molecule has 2 rings (SSSR count). The maximum atomic E-state index is 12.0. The first-order chi connectivity index (χ1) is 9.11. The van der Waals surface area contributed by atoms with Crippen LogP contribution in [-0.2, 0) is 4.79 Å². The maximum Gasteiger partial charge on any atom is 0.222 e. The molecule has 1 fully saturated rings. The van der Waals surface area contributed by atoms with Crippen LogP contribution in [0.15, 0.2) is 0 Å². The SMILES string of the molecule is CCCCC(=O)N1CCN(c2nc(C)c(C)s2)CC1. The Hall–Kier alpha value is -1.10. The van der Waals surface area contributed by atoms with Gasteiger partial charge >= 0.3 is 0 Å². The Morgan fingerprint density at radius 1 is 1.26 bits per heavy atom. The number of aryl methyl sites for hydroxylation is 2. The molecule has 2 heterocycles. The molecular formula is C14H23N3OS. The molecule has 4 nitrogen and oxygen atoms in total. The second kappa shape index (κ2) is 6.37. The molecule has 106 valence electrons. The minimum absolute atomic E-state index is 0.313. The summed E-state index contributed by atoms with van der Waals surface area (Å²) in [6, 6.07) is 0. The van der Waals surface area contributed by atoms with Gasteiger partial charge in [0.2, 0.25) is 5.91 Å². The van der Waals surface area contributed by atoms with E-state index in [9.17, 15) is 4.79 Å². The lowest BCUT2D eigenvalue weighted by Crippen LogP contribution is -2.48. The summed E-state index contributed by atoms with van der Waals surface area (Å²) in [7, 11) is 0. The van der Waals surface area contributed by atoms with E-state index in [1.165, 1.54) is 4.88 Å². The largest absolute Gasteiger partial charge is 0.345 e. The summed E-state index contributed by atoms with van der Waals surface area (Å²) in [6.07, 6.45) is 2.79. The highest BCUT2D eigenvalue weighted by molar-refractivity contribution is 7.15. The van der Waals surface area contributed by atoms with Gasteiger partial charge in [0.05, 0.1) is 5.69 Å². The zero-order valence-electron chi connectivity index (χ0n) is 12.1. The number of anilines is 1. The zero-order valence-corrected chi connectivity index (χ0v) is 12.9. The fourth-order valence-corrected chi connectivity index (χ4v) is 3.19. The van der Waals surface area contributed by atoms with Crippen molar-refractivity contribution in [3.8, 4) is 0 Å². The number of carbonyl (C=O) groups is 1. The van der Waals surface area contributed by atoms with E-state index in [1.807, 2.05) is 4.90 Å². The van der Waals surface area contributed by atoms with Gasteiger partial charge in [-0.25, -0.2) is 4.98 Å². The van der Waals surface area contributed by atoms with Gasteiger partial charge in [-0.15, -0.1) is 11.3 Å². The molecular weight excluding hydrogens is 258 g/mol. The fourth-order valence-electron chi connectivity index (χ4n) is 2.22. The number of thiazole rings is 1. The van der Waals surface area contributed by atoms with Crippen LogP contribution in [-0.4, -0.2) is 42.0 Å². The number of unbranched alkanes of at least 4 members (excludes halogenated alkanes) is 1. The summed E-state index contributed by atoms with van der Waals surface area (Å²) in [5, 5.41) is 1.11. The van der Waals surface area contributed by atoms with Gasteiger partial charge in [0.15, 0.2) is 5.13 Å². The van der Waals surface area contributed by atoms with Crippen LogP contribution >= 0.6 is 11.3 Å². The van der Waals surface area contributed by atoms with Crippen LogP contribution in [0.1, 0.15) is 36.8 Å². The van der Waals surface area contributed by atoms with E-state index in [4.69, 9.17) is 0 Å². The Labute approximate surface area is 119 Å². The summed E-state index contributed by atoms with van der Waals surface area (Å²) in [5.41, 5.74) is 1.13. The minimum atomic E-state index is 0.313. The predicted octanol–water partition coefficient (Wildman–Crippen LogP) is 2.60. The molecule has 0 unspecified atom stereocenters. The van der Waals surface area contributed by atoms with Gasteiger partial charge in [-0.3, -0.25) is 4.79 Å². The van der Waals surface area contributed by atoms with Crippen LogP contribution in [0.3, 0.4) is 0 Å². The molecule has 5 heteroatoms.